The normalized spacial score (nSPS) is 14.4. The molecule has 0 atom stereocenters. The molecule has 1 amide bonds. The molecule has 2 N–H and O–H groups in total. The van der Waals surface area contributed by atoms with Gasteiger partial charge in [0.15, 0.2) is 5.82 Å². The van der Waals surface area contributed by atoms with Gasteiger partial charge in [0.05, 0.1) is 17.4 Å². The number of piperidine rings is 1. The molecule has 11 heteroatoms. The van der Waals surface area contributed by atoms with Gasteiger partial charge in [0, 0.05) is 20.2 Å². The van der Waals surface area contributed by atoms with Gasteiger partial charge in [-0.25, -0.2) is 10.1 Å². The number of nitrogens with one attached hydrogen (secondary N) is 2. The number of H-pyrrole nitrogens is 1. The van der Waals surface area contributed by atoms with Crippen LogP contribution in [0.15, 0.2) is 0 Å². The summed E-state index contributed by atoms with van der Waals surface area (Å²) in [6, 6.07) is 0. The lowest BCUT2D eigenvalue weighted by Crippen LogP contribution is -2.30. The predicted octanol–water partition coefficient (Wildman–Crippen LogP) is 2.52. The van der Waals surface area contributed by atoms with Crippen molar-refractivity contribution in [1.29, 1.82) is 0 Å². The number of aryl methyl sites for hydroxylation is 1. The predicted molar refractivity (Wildman–Crippen MR) is 110 cm³/mol. The maximum atomic E-state index is 12.9. The van der Waals surface area contributed by atoms with Crippen molar-refractivity contribution in [3.8, 4) is 5.88 Å². The number of rotatable bonds is 6. The number of nitrogens with zero attached hydrogens (tertiary/aromatic N) is 5. The fourth-order valence-corrected chi connectivity index (χ4v) is 4.50. The highest BCUT2D eigenvalue weighted by Gasteiger charge is 2.22. The van der Waals surface area contributed by atoms with E-state index in [2.05, 4.69) is 35.4 Å². The largest absolute Gasteiger partial charge is 0.480 e. The first-order valence-corrected chi connectivity index (χ1v) is 10.2. The smallest absolute Gasteiger partial charge is 0.268 e. The third kappa shape index (κ3) is 3.87. The molecule has 0 bridgehead atoms. The summed E-state index contributed by atoms with van der Waals surface area (Å²) < 4.78 is 10.5. The minimum atomic E-state index is -0.276. The standard InChI is InChI=1S/C18H23N7O3S/c1-10-12-15(28-3)19-11(9-27-2)20-16(12)29-13(10)14(26)21-17-22-18(24-23-17)25-7-5-4-6-8-25/h4-9H2,1-3H3,(H2,21,22,23,24,26). The number of carbonyl (C=O) groups excluding carboxylic acids is 1. The van der Waals surface area contributed by atoms with E-state index in [4.69, 9.17) is 9.47 Å². The van der Waals surface area contributed by atoms with Gasteiger partial charge in [0.2, 0.25) is 17.8 Å². The third-order valence-corrected chi connectivity index (χ3v) is 6.01. The van der Waals surface area contributed by atoms with E-state index in [1.54, 1.807) is 14.2 Å². The van der Waals surface area contributed by atoms with Crippen LogP contribution in [0.25, 0.3) is 10.2 Å². The van der Waals surface area contributed by atoms with Gasteiger partial charge in [-0.1, -0.05) is 0 Å². The quantitative estimate of drug-likeness (QED) is 0.628. The summed E-state index contributed by atoms with van der Waals surface area (Å²) in [7, 11) is 3.12. The van der Waals surface area contributed by atoms with E-state index in [0.29, 0.717) is 33.3 Å². The lowest BCUT2D eigenvalue weighted by molar-refractivity contribution is 0.102. The molecule has 0 aromatic carbocycles. The number of aromatic nitrogens is 5. The zero-order valence-electron chi connectivity index (χ0n) is 16.6. The maximum absolute atomic E-state index is 12.9. The molecule has 29 heavy (non-hydrogen) atoms. The Balaban J connectivity index is 1.58. The lowest BCUT2D eigenvalue weighted by atomic mass is 10.1. The van der Waals surface area contributed by atoms with Gasteiger partial charge in [-0.2, -0.15) is 9.97 Å². The average Bonchev–Trinajstić information content (AvgIpc) is 3.33. The van der Waals surface area contributed by atoms with Crippen molar-refractivity contribution in [3.05, 3.63) is 16.3 Å². The Morgan fingerprint density at radius 2 is 2.00 bits per heavy atom. The topological polar surface area (TPSA) is 118 Å². The number of fused-ring (bicyclic) bond motifs is 1. The zero-order valence-corrected chi connectivity index (χ0v) is 17.4. The summed E-state index contributed by atoms with van der Waals surface area (Å²) in [5.74, 6) is 1.60. The van der Waals surface area contributed by atoms with Crippen LogP contribution >= 0.6 is 11.3 Å². The molecule has 0 spiro atoms. The molecule has 1 fully saturated rings. The van der Waals surface area contributed by atoms with Crippen LogP contribution in [0.3, 0.4) is 0 Å². The number of anilines is 2. The minimum absolute atomic E-state index is 0.266. The van der Waals surface area contributed by atoms with Gasteiger partial charge in [0.25, 0.3) is 5.91 Å². The highest BCUT2D eigenvalue weighted by Crippen LogP contribution is 2.35. The monoisotopic (exact) mass is 417 g/mol. The van der Waals surface area contributed by atoms with Crippen LogP contribution < -0.4 is 15.0 Å². The molecule has 1 aliphatic heterocycles. The minimum Gasteiger partial charge on any atom is -0.480 e. The number of carbonyl (C=O) groups is 1. The molecule has 0 saturated carbocycles. The molecular weight excluding hydrogens is 394 g/mol. The summed E-state index contributed by atoms with van der Waals surface area (Å²) in [5, 5.41) is 10.6. The summed E-state index contributed by atoms with van der Waals surface area (Å²) in [4.78, 5) is 29.5. The van der Waals surface area contributed by atoms with E-state index >= 15 is 0 Å². The molecule has 3 aromatic rings. The Bertz CT molecular complexity index is 1030. The Labute approximate surface area is 171 Å². The van der Waals surface area contributed by atoms with Crippen LogP contribution in [-0.4, -0.2) is 58.4 Å². The van der Waals surface area contributed by atoms with E-state index in [1.807, 2.05) is 6.92 Å². The van der Waals surface area contributed by atoms with Crippen molar-refractivity contribution in [1.82, 2.24) is 25.1 Å². The van der Waals surface area contributed by atoms with Crippen molar-refractivity contribution < 1.29 is 14.3 Å². The molecule has 1 aliphatic rings. The van der Waals surface area contributed by atoms with Crippen molar-refractivity contribution in [3.63, 3.8) is 0 Å². The highest BCUT2D eigenvalue weighted by atomic mass is 32.1. The van der Waals surface area contributed by atoms with Crippen molar-refractivity contribution >= 4 is 39.4 Å². The summed E-state index contributed by atoms with van der Waals surface area (Å²) in [6.07, 6.45) is 3.49. The maximum Gasteiger partial charge on any atom is 0.268 e. The number of hydrogen-bond donors (Lipinski definition) is 2. The second-order valence-corrected chi connectivity index (χ2v) is 7.80. The highest BCUT2D eigenvalue weighted by molar-refractivity contribution is 7.20. The van der Waals surface area contributed by atoms with E-state index in [0.717, 1.165) is 36.9 Å². The average molecular weight is 417 g/mol. The molecule has 1 saturated heterocycles. The van der Waals surface area contributed by atoms with Crippen LogP contribution in [0, 0.1) is 6.92 Å². The third-order valence-electron chi connectivity index (χ3n) is 4.82. The van der Waals surface area contributed by atoms with Gasteiger partial charge in [-0.3, -0.25) is 10.1 Å². The van der Waals surface area contributed by atoms with Crippen LogP contribution in [0.2, 0.25) is 0 Å². The van der Waals surface area contributed by atoms with E-state index < -0.39 is 0 Å². The van der Waals surface area contributed by atoms with Gasteiger partial charge >= 0.3 is 0 Å². The molecule has 10 nitrogen and oxygen atoms in total. The van der Waals surface area contributed by atoms with Crippen molar-refractivity contribution in [2.75, 3.05) is 37.5 Å². The van der Waals surface area contributed by atoms with Crippen LogP contribution in [0.4, 0.5) is 11.9 Å². The Kier molecular flexibility index (Phi) is 5.58. The van der Waals surface area contributed by atoms with Crippen molar-refractivity contribution in [2.24, 2.45) is 0 Å². The first-order chi connectivity index (χ1) is 14.1. The fraction of sp³-hybridized carbons (Fsp3) is 0.500. The Morgan fingerprint density at radius 3 is 2.72 bits per heavy atom. The SMILES string of the molecule is COCc1nc(OC)c2c(C)c(C(=O)Nc3nc(N4CCCCC4)n[nH]3)sc2n1. The first kappa shape index (κ1) is 19.5. The van der Waals surface area contributed by atoms with Crippen LogP contribution in [0.1, 0.15) is 40.3 Å². The van der Waals surface area contributed by atoms with E-state index in [9.17, 15) is 4.79 Å². The number of aromatic amines is 1. The van der Waals surface area contributed by atoms with Gasteiger partial charge in [0.1, 0.15) is 11.4 Å². The Hall–Kier alpha value is -2.79. The molecule has 0 unspecified atom stereocenters. The molecule has 4 rings (SSSR count). The molecule has 154 valence electrons. The molecular formula is C18H23N7O3S. The number of hydrogen-bond acceptors (Lipinski definition) is 9. The Morgan fingerprint density at radius 1 is 1.21 bits per heavy atom. The zero-order chi connectivity index (χ0) is 20.4. The molecule has 0 aliphatic carbocycles. The van der Waals surface area contributed by atoms with E-state index in [-0.39, 0.29) is 12.5 Å². The number of thiophene rings is 1. The van der Waals surface area contributed by atoms with Crippen LogP contribution in [0.5, 0.6) is 5.88 Å². The summed E-state index contributed by atoms with van der Waals surface area (Å²) >= 11 is 1.28. The summed E-state index contributed by atoms with van der Waals surface area (Å²) in [6.45, 7) is 3.99. The molecule has 4 heterocycles. The fourth-order valence-electron chi connectivity index (χ4n) is 3.41. The number of amides is 1. The first-order valence-electron chi connectivity index (χ1n) is 9.42. The van der Waals surface area contributed by atoms with Crippen LogP contribution in [-0.2, 0) is 11.3 Å². The number of ether oxygens (including phenoxy) is 2. The van der Waals surface area contributed by atoms with Crippen molar-refractivity contribution in [2.45, 2.75) is 32.8 Å². The second-order valence-electron chi connectivity index (χ2n) is 6.80. The van der Waals surface area contributed by atoms with Gasteiger partial charge in [-0.15, -0.1) is 16.4 Å². The molecule has 3 aromatic heterocycles. The molecule has 0 radical (unpaired) electrons. The summed E-state index contributed by atoms with van der Waals surface area (Å²) in [5.41, 5.74) is 0.763. The number of methoxy groups -OCH3 is 2. The van der Waals surface area contributed by atoms with E-state index in [1.165, 1.54) is 17.8 Å². The second kappa shape index (κ2) is 8.29. The lowest BCUT2D eigenvalue weighted by Gasteiger charge is -2.24. The van der Waals surface area contributed by atoms with Gasteiger partial charge in [-0.05, 0) is 31.7 Å². The van der Waals surface area contributed by atoms with Gasteiger partial charge < -0.3 is 14.4 Å².